The molecule has 0 unspecified atom stereocenters. The Morgan fingerprint density at radius 2 is 2.15 bits per heavy atom. The van der Waals surface area contributed by atoms with Gasteiger partial charge in [0.15, 0.2) is 0 Å². The van der Waals surface area contributed by atoms with Crippen molar-refractivity contribution in [2.75, 3.05) is 44.2 Å². The molecule has 3 heterocycles. The fourth-order valence-corrected chi connectivity index (χ4v) is 4.03. The van der Waals surface area contributed by atoms with E-state index in [4.69, 9.17) is 9.72 Å². The molecule has 1 aliphatic carbocycles. The summed E-state index contributed by atoms with van der Waals surface area (Å²) >= 11 is 0. The molecule has 1 N–H and O–H groups in total. The summed E-state index contributed by atoms with van der Waals surface area (Å²) in [4.78, 5) is 25.7. The molecule has 3 aliphatic rings. The van der Waals surface area contributed by atoms with Gasteiger partial charge in [0, 0.05) is 32.4 Å². The first kappa shape index (κ1) is 18.2. The molecule has 4 rings (SSSR count). The molecule has 1 aromatic rings. The fourth-order valence-electron chi connectivity index (χ4n) is 4.03. The number of aromatic nitrogens is 2. The fraction of sp³-hybridized carbons (Fsp3) is 0.650. The number of urea groups is 1. The first-order valence-corrected chi connectivity index (χ1v) is 10.2. The second-order valence-corrected chi connectivity index (χ2v) is 7.52. The summed E-state index contributed by atoms with van der Waals surface area (Å²) in [5.74, 6) is 0.778. The second kappa shape index (κ2) is 8.69. The number of morpholine rings is 1. The maximum atomic E-state index is 12.5. The molecule has 0 saturated carbocycles. The van der Waals surface area contributed by atoms with Crippen LogP contribution in [-0.2, 0) is 4.74 Å². The molecule has 1 atom stereocenters. The molecule has 0 radical (unpaired) electrons. The number of carbonyl (C=O) groups excluding carboxylic acids is 1. The van der Waals surface area contributed by atoms with Crippen LogP contribution in [0.3, 0.4) is 0 Å². The van der Waals surface area contributed by atoms with Crippen LogP contribution in [0.15, 0.2) is 23.9 Å². The average molecular weight is 371 g/mol. The molecule has 146 valence electrons. The van der Waals surface area contributed by atoms with Gasteiger partial charge in [-0.3, -0.25) is 0 Å². The number of ether oxygens (including phenoxy) is 1. The molecule has 2 fully saturated rings. The van der Waals surface area contributed by atoms with E-state index in [1.54, 1.807) is 6.20 Å². The van der Waals surface area contributed by atoms with E-state index in [9.17, 15) is 4.79 Å². The van der Waals surface area contributed by atoms with Crippen molar-refractivity contribution in [1.82, 2.24) is 20.2 Å². The number of carbonyl (C=O) groups is 1. The van der Waals surface area contributed by atoms with Crippen molar-refractivity contribution >= 4 is 12.0 Å². The summed E-state index contributed by atoms with van der Waals surface area (Å²) in [6.07, 6.45) is 10.9. The topological polar surface area (TPSA) is 70.6 Å². The van der Waals surface area contributed by atoms with E-state index in [2.05, 4.69) is 21.3 Å². The zero-order chi connectivity index (χ0) is 18.5. The first-order valence-electron chi connectivity index (χ1n) is 10.2. The molecule has 7 heteroatoms. The minimum Gasteiger partial charge on any atom is -0.368 e. The summed E-state index contributed by atoms with van der Waals surface area (Å²) in [5, 5.41) is 3.06. The van der Waals surface area contributed by atoms with E-state index in [0.717, 1.165) is 31.2 Å². The largest absolute Gasteiger partial charge is 0.368 e. The summed E-state index contributed by atoms with van der Waals surface area (Å²) in [7, 11) is 0. The van der Waals surface area contributed by atoms with Crippen molar-refractivity contribution in [3.05, 3.63) is 29.6 Å². The van der Waals surface area contributed by atoms with Crippen molar-refractivity contribution in [2.45, 2.75) is 44.6 Å². The van der Waals surface area contributed by atoms with Crippen LogP contribution in [-0.4, -0.2) is 60.2 Å². The van der Waals surface area contributed by atoms with Gasteiger partial charge in [-0.05, 0) is 44.6 Å². The lowest BCUT2D eigenvalue weighted by molar-refractivity contribution is -0.0175. The zero-order valence-corrected chi connectivity index (χ0v) is 15.9. The number of nitrogens with zero attached hydrogens (tertiary/aromatic N) is 4. The smallest absolute Gasteiger partial charge is 0.317 e. The Bertz CT molecular complexity index is 687. The van der Waals surface area contributed by atoms with E-state index in [1.807, 2.05) is 11.0 Å². The van der Waals surface area contributed by atoms with Gasteiger partial charge in [-0.1, -0.05) is 11.6 Å². The van der Waals surface area contributed by atoms with Gasteiger partial charge in [-0.15, -0.1) is 0 Å². The van der Waals surface area contributed by atoms with Gasteiger partial charge in [-0.2, -0.15) is 0 Å². The van der Waals surface area contributed by atoms with Crippen LogP contribution < -0.4 is 10.2 Å². The van der Waals surface area contributed by atoms with Crippen LogP contribution in [0, 0.1) is 0 Å². The predicted molar refractivity (Wildman–Crippen MR) is 104 cm³/mol. The van der Waals surface area contributed by atoms with E-state index >= 15 is 0 Å². The van der Waals surface area contributed by atoms with Gasteiger partial charge < -0.3 is 19.9 Å². The average Bonchev–Trinajstić information content (AvgIpc) is 3.42. The van der Waals surface area contributed by atoms with Crippen LogP contribution in [0.2, 0.25) is 0 Å². The lowest BCUT2D eigenvalue weighted by atomic mass is 10.2. The molecule has 7 nitrogen and oxygen atoms in total. The molecule has 0 spiro atoms. The SMILES string of the molecule is O=C(NCCC1=CCCC1)N1CCO[C@@H](c2ccnc(N3CCCC3)n2)C1. The summed E-state index contributed by atoms with van der Waals surface area (Å²) in [5.41, 5.74) is 2.34. The number of hydrogen-bond acceptors (Lipinski definition) is 5. The Morgan fingerprint density at radius 3 is 2.96 bits per heavy atom. The summed E-state index contributed by atoms with van der Waals surface area (Å²) < 4.78 is 5.91. The van der Waals surface area contributed by atoms with E-state index < -0.39 is 0 Å². The van der Waals surface area contributed by atoms with Gasteiger partial charge in [0.1, 0.15) is 6.10 Å². The molecule has 2 aliphatic heterocycles. The number of nitrogens with one attached hydrogen (secondary N) is 1. The molecule has 2 amide bonds. The number of rotatable bonds is 5. The van der Waals surface area contributed by atoms with E-state index in [0.29, 0.717) is 26.2 Å². The van der Waals surface area contributed by atoms with Crippen LogP contribution in [0.25, 0.3) is 0 Å². The minimum absolute atomic E-state index is 0.00396. The van der Waals surface area contributed by atoms with Gasteiger partial charge in [-0.25, -0.2) is 14.8 Å². The Morgan fingerprint density at radius 1 is 1.26 bits per heavy atom. The van der Waals surface area contributed by atoms with E-state index in [-0.39, 0.29) is 12.1 Å². The van der Waals surface area contributed by atoms with Gasteiger partial charge >= 0.3 is 6.03 Å². The number of amides is 2. The normalized spacial score (nSPS) is 22.8. The standard InChI is InChI=1S/C20H29N5O2/c26-20(22-9-7-16-5-1-2-6-16)25-13-14-27-18(15-25)17-8-10-21-19(23-17)24-11-3-4-12-24/h5,8,10,18H,1-4,6-7,9,11-15H2,(H,22,26)/t18-/m1/s1. The van der Waals surface area contributed by atoms with Crippen LogP contribution >= 0.6 is 0 Å². The Kier molecular flexibility index (Phi) is 5.87. The van der Waals surface area contributed by atoms with Gasteiger partial charge in [0.25, 0.3) is 0 Å². The van der Waals surface area contributed by atoms with Crippen molar-refractivity contribution < 1.29 is 9.53 Å². The number of allylic oxidation sites excluding steroid dienone is 1. The molecule has 2 saturated heterocycles. The number of hydrogen-bond donors (Lipinski definition) is 1. The monoisotopic (exact) mass is 371 g/mol. The molecule has 27 heavy (non-hydrogen) atoms. The zero-order valence-electron chi connectivity index (χ0n) is 15.9. The predicted octanol–water partition coefficient (Wildman–Crippen LogP) is 2.66. The minimum atomic E-state index is -0.189. The van der Waals surface area contributed by atoms with Crippen molar-refractivity contribution in [1.29, 1.82) is 0 Å². The Labute approximate surface area is 160 Å². The lowest BCUT2D eigenvalue weighted by Crippen LogP contribution is -2.47. The lowest BCUT2D eigenvalue weighted by Gasteiger charge is -2.33. The van der Waals surface area contributed by atoms with Crippen LogP contribution in [0.4, 0.5) is 10.7 Å². The molecule has 1 aromatic heterocycles. The third-order valence-electron chi connectivity index (χ3n) is 5.59. The van der Waals surface area contributed by atoms with Crippen molar-refractivity contribution in [3.8, 4) is 0 Å². The highest BCUT2D eigenvalue weighted by Crippen LogP contribution is 2.23. The highest BCUT2D eigenvalue weighted by Gasteiger charge is 2.27. The quantitative estimate of drug-likeness (QED) is 0.806. The van der Waals surface area contributed by atoms with Crippen molar-refractivity contribution in [2.24, 2.45) is 0 Å². The molecular weight excluding hydrogens is 342 g/mol. The third kappa shape index (κ3) is 4.58. The first-order chi connectivity index (χ1) is 13.3. The maximum Gasteiger partial charge on any atom is 0.317 e. The number of anilines is 1. The summed E-state index contributed by atoms with van der Waals surface area (Å²) in [6.45, 7) is 4.42. The van der Waals surface area contributed by atoms with Gasteiger partial charge in [0.2, 0.25) is 5.95 Å². The van der Waals surface area contributed by atoms with E-state index in [1.165, 1.54) is 37.7 Å². The summed E-state index contributed by atoms with van der Waals surface area (Å²) in [6, 6.07) is 1.90. The highest BCUT2D eigenvalue weighted by molar-refractivity contribution is 5.74. The molecular formula is C20H29N5O2. The van der Waals surface area contributed by atoms with Crippen LogP contribution in [0.1, 0.15) is 50.3 Å². The third-order valence-corrected chi connectivity index (χ3v) is 5.59. The van der Waals surface area contributed by atoms with Crippen LogP contribution in [0.5, 0.6) is 0 Å². The van der Waals surface area contributed by atoms with Gasteiger partial charge in [0.05, 0.1) is 18.8 Å². The van der Waals surface area contributed by atoms with Crippen molar-refractivity contribution in [3.63, 3.8) is 0 Å². The second-order valence-electron chi connectivity index (χ2n) is 7.52. The Balaban J connectivity index is 1.32. The Hall–Kier alpha value is -2.15. The molecule has 0 bridgehead atoms. The maximum absolute atomic E-state index is 12.5. The molecule has 0 aromatic carbocycles. The highest BCUT2D eigenvalue weighted by atomic mass is 16.5.